The molecular formula is C27H23F2N3O4S. The molecule has 4 rings (SSSR count). The molecule has 37 heavy (non-hydrogen) atoms. The van der Waals surface area contributed by atoms with Gasteiger partial charge in [-0.05, 0) is 65.4 Å². The van der Waals surface area contributed by atoms with E-state index in [1.54, 1.807) is 60.9 Å². The van der Waals surface area contributed by atoms with Crippen LogP contribution in [-0.4, -0.2) is 44.9 Å². The van der Waals surface area contributed by atoms with Crippen LogP contribution in [0.1, 0.15) is 21.6 Å². The number of carboxylic acids is 1. The number of hydrogen-bond donors (Lipinski definition) is 2. The van der Waals surface area contributed by atoms with Gasteiger partial charge in [0.25, 0.3) is 5.91 Å². The third kappa shape index (κ3) is 6.53. The molecule has 10 heteroatoms. The summed E-state index contributed by atoms with van der Waals surface area (Å²) >= 11 is 1.33. The molecule has 0 radical (unpaired) electrons. The van der Waals surface area contributed by atoms with Crippen LogP contribution >= 0.6 is 11.8 Å². The molecule has 1 heterocycles. The van der Waals surface area contributed by atoms with Gasteiger partial charge in [-0.3, -0.25) is 14.7 Å². The largest absolute Gasteiger partial charge is 0.489 e. The Bertz CT molecular complexity index is 1400. The number of carbonyl (C=O) groups is 2. The van der Waals surface area contributed by atoms with Crippen molar-refractivity contribution in [2.75, 3.05) is 12.8 Å². The summed E-state index contributed by atoms with van der Waals surface area (Å²) in [5.74, 6) is -2.79. The zero-order valence-electron chi connectivity index (χ0n) is 19.8. The minimum absolute atomic E-state index is 0.0778. The maximum absolute atomic E-state index is 13.8. The monoisotopic (exact) mass is 523 g/mol. The van der Waals surface area contributed by atoms with Gasteiger partial charge in [-0.2, -0.15) is 5.10 Å². The standard InChI is InChI=1S/C27H23F2N3O4S/c1-37-25-13-24(29)23(28)12-22(25)18-5-7-21(8-6-18)36-16-17-3-2-4-19(11-17)27(35)32(15-26(33)34)14-20-9-10-30-31-20/h2-13H,14-16H2,1H3,(H,30,31)(H,33,34). The van der Waals surface area contributed by atoms with Crippen LogP contribution in [0.5, 0.6) is 5.75 Å². The van der Waals surface area contributed by atoms with Crippen LogP contribution in [-0.2, 0) is 17.9 Å². The molecule has 1 aromatic heterocycles. The Labute approximate surface area is 216 Å². The maximum atomic E-state index is 13.8. The Morgan fingerprint density at radius 1 is 1.05 bits per heavy atom. The van der Waals surface area contributed by atoms with Gasteiger partial charge in [-0.15, -0.1) is 11.8 Å². The van der Waals surface area contributed by atoms with Gasteiger partial charge in [0.05, 0.1) is 12.2 Å². The lowest BCUT2D eigenvalue weighted by Gasteiger charge is -2.20. The number of aromatic nitrogens is 2. The first-order valence-electron chi connectivity index (χ1n) is 11.2. The molecule has 0 aliphatic rings. The maximum Gasteiger partial charge on any atom is 0.323 e. The zero-order chi connectivity index (χ0) is 26.4. The van der Waals surface area contributed by atoms with Gasteiger partial charge in [0.2, 0.25) is 0 Å². The number of rotatable bonds is 10. The topological polar surface area (TPSA) is 95.5 Å². The highest BCUT2D eigenvalue weighted by molar-refractivity contribution is 7.98. The van der Waals surface area contributed by atoms with Crippen LogP contribution < -0.4 is 4.74 Å². The summed E-state index contributed by atoms with van der Waals surface area (Å²) in [5, 5.41) is 15.8. The predicted octanol–water partition coefficient (Wildman–Crippen LogP) is 5.38. The number of aliphatic carboxylic acids is 1. The first-order chi connectivity index (χ1) is 17.8. The average Bonchev–Trinajstić information content (AvgIpc) is 3.41. The van der Waals surface area contributed by atoms with Gasteiger partial charge < -0.3 is 14.7 Å². The lowest BCUT2D eigenvalue weighted by atomic mass is 10.1. The second kappa shape index (κ2) is 11.7. The van der Waals surface area contributed by atoms with E-state index < -0.39 is 30.1 Å². The molecule has 4 aromatic rings. The molecule has 0 bridgehead atoms. The molecule has 1 amide bonds. The van der Waals surface area contributed by atoms with Gasteiger partial charge in [0, 0.05) is 16.7 Å². The highest BCUT2D eigenvalue weighted by Crippen LogP contribution is 2.33. The van der Waals surface area contributed by atoms with Crippen molar-refractivity contribution in [1.29, 1.82) is 0 Å². The molecule has 0 aliphatic heterocycles. The van der Waals surface area contributed by atoms with Crippen molar-refractivity contribution >= 4 is 23.6 Å². The van der Waals surface area contributed by atoms with Crippen LogP contribution in [0.15, 0.2) is 77.8 Å². The van der Waals surface area contributed by atoms with Crippen molar-refractivity contribution in [3.8, 4) is 16.9 Å². The highest BCUT2D eigenvalue weighted by Gasteiger charge is 2.20. The van der Waals surface area contributed by atoms with Crippen molar-refractivity contribution in [2.45, 2.75) is 18.0 Å². The minimum Gasteiger partial charge on any atom is -0.489 e. The molecular weight excluding hydrogens is 500 g/mol. The quantitative estimate of drug-likeness (QED) is 0.271. The van der Waals surface area contributed by atoms with Gasteiger partial charge in [-0.1, -0.05) is 24.3 Å². The number of nitrogens with one attached hydrogen (secondary N) is 1. The summed E-state index contributed by atoms with van der Waals surface area (Å²) in [7, 11) is 0. The fourth-order valence-corrected chi connectivity index (χ4v) is 4.36. The van der Waals surface area contributed by atoms with Crippen molar-refractivity contribution in [3.63, 3.8) is 0 Å². The number of H-pyrrole nitrogens is 1. The number of aromatic amines is 1. The summed E-state index contributed by atoms with van der Waals surface area (Å²) in [6.45, 7) is -0.212. The number of carbonyl (C=O) groups excluding carboxylic acids is 1. The number of halogens is 2. The zero-order valence-corrected chi connectivity index (χ0v) is 20.6. The fourth-order valence-electron chi connectivity index (χ4n) is 3.74. The van der Waals surface area contributed by atoms with Crippen molar-refractivity contribution < 1.29 is 28.2 Å². The van der Waals surface area contributed by atoms with Crippen LogP contribution in [0.3, 0.4) is 0 Å². The van der Waals surface area contributed by atoms with E-state index in [0.29, 0.717) is 27.5 Å². The van der Waals surface area contributed by atoms with E-state index in [1.807, 2.05) is 0 Å². The number of nitrogens with zero attached hydrogens (tertiary/aromatic N) is 2. The predicted molar refractivity (Wildman–Crippen MR) is 135 cm³/mol. The summed E-state index contributed by atoms with van der Waals surface area (Å²) in [4.78, 5) is 26.2. The number of benzene rings is 3. The molecule has 3 aromatic carbocycles. The summed E-state index contributed by atoms with van der Waals surface area (Å²) in [6.07, 6.45) is 3.33. The van der Waals surface area contributed by atoms with E-state index >= 15 is 0 Å². The van der Waals surface area contributed by atoms with Gasteiger partial charge in [0.1, 0.15) is 18.9 Å². The highest BCUT2D eigenvalue weighted by atomic mass is 32.2. The van der Waals surface area contributed by atoms with Crippen molar-refractivity contribution in [2.24, 2.45) is 0 Å². The Hall–Kier alpha value is -4.18. The Morgan fingerprint density at radius 3 is 2.49 bits per heavy atom. The summed E-state index contributed by atoms with van der Waals surface area (Å²) in [5.41, 5.74) is 2.98. The second-order valence-corrected chi connectivity index (χ2v) is 8.96. The molecule has 2 N–H and O–H groups in total. The van der Waals surface area contributed by atoms with Crippen LogP contribution in [0.4, 0.5) is 8.78 Å². The number of ether oxygens (including phenoxy) is 1. The molecule has 0 atom stereocenters. The second-order valence-electron chi connectivity index (χ2n) is 8.12. The number of thioether (sulfide) groups is 1. The van der Waals surface area contributed by atoms with Gasteiger partial charge in [0.15, 0.2) is 11.6 Å². The normalized spacial score (nSPS) is 10.8. The molecule has 0 aliphatic carbocycles. The minimum atomic E-state index is -1.12. The number of hydrogen-bond acceptors (Lipinski definition) is 5. The van der Waals surface area contributed by atoms with Crippen LogP contribution in [0.2, 0.25) is 0 Å². The van der Waals surface area contributed by atoms with Crippen molar-refractivity contribution in [3.05, 3.63) is 101 Å². The summed E-state index contributed by atoms with van der Waals surface area (Å²) in [6, 6.07) is 17.8. The Morgan fingerprint density at radius 2 is 1.81 bits per heavy atom. The molecule has 0 fully saturated rings. The molecule has 0 saturated heterocycles. The van der Waals surface area contributed by atoms with E-state index in [9.17, 15) is 23.5 Å². The van der Waals surface area contributed by atoms with E-state index in [4.69, 9.17) is 4.74 Å². The van der Waals surface area contributed by atoms with Crippen LogP contribution in [0, 0.1) is 11.6 Å². The average molecular weight is 524 g/mol. The van der Waals surface area contributed by atoms with E-state index in [2.05, 4.69) is 10.2 Å². The van der Waals surface area contributed by atoms with Crippen molar-refractivity contribution in [1.82, 2.24) is 15.1 Å². The third-order valence-corrected chi connectivity index (χ3v) is 6.30. The van der Waals surface area contributed by atoms with E-state index in [1.165, 1.54) is 35.0 Å². The fraction of sp³-hybridized carbons (Fsp3) is 0.148. The SMILES string of the molecule is CSc1cc(F)c(F)cc1-c1ccc(OCc2cccc(C(=O)N(CC(=O)O)Cc3ccn[nH]3)c2)cc1. The molecule has 0 saturated carbocycles. The number of carboxylic acid groups (broad SMARTS) is 1. The molecule has 7 nitrogen and oxygen atoms in total. The Kier molecular flexibility index (Phi) is 8.19. The first-order valence-corrected chi connectivity index (χ1v) is 12.4. The third-order valence-electron chi connectivity index (χ3n) is 5.52. The first kappa shape index (κ1) is 25.9. The van der Waals surface area contributed by atoms with E-state index in [-0.39, 0.29) is 13.2 Å². The number of amides is 1. The smallest absolute Gasteiger partial charge is 0.323 e. The summed E-state index contributed by atoms with van der Waals surface area (Å²) < 4.78 is 33.2. The van der Waals surface area contributed by atoms with Gasteiger partial charge >= 0.3 is 5.97 Å². The molecule has 0 unspecified atom stereocenters. The Balaban J connectivity index is 1.45. The molecule has 190 valence electrons. The molecule has 0 spiro atoms. The van der Waals surface area contributed by atoms with Crippen LogP contribution in [0.25, 0.3) is 11.1 Å². The van der Waals surface area contributed by atoms with E-state index in [0.717, 1.165) is 11.1 Å². The lowest BCUT2D eigenvalue weighted by Crippen LogP contribution is -2.35. The lowest BCUT2D eigenvalue weighted by molar-refractivity contribution is -0.137. The van der Waals surface area contributed by atoms with Gasteiger partial charge in [-0.25, -0.2) is 8.78 Å².